The zero-order valence-corrected chi connectivity index (χ0v) is 24.7. The van der Waals surface area contributed by atoms with Gasteiger partial charge in [-0.3, -0.25) is 19.3 Å². The highest BCUT2D eigenvalue weighted by molar-refractivity contribution is 6.06. The first-order valence-electron chi connectivity index (χ1n) is 14.8. The van der Waals surface area contributed by atoms with Crippen LogP contribution in [0.2, 0.25) is 0 Å². The number of dihydropyridines is 1. The number of allylic oxidation sites excluding steroid dienone is 1. The van der Waals surface area contributed by atoms with Crippen molar-refractivity contribution in [3.05, 3.63) is 65.2 Å². The molecule has 1 N–H and O–H groups in total. The highest BCUT2D eigenvalue weighted by Crippen LogP contribution is 2.31. The molecule has 3 amide bonds. The van der Waals surface area contributed by atoms with Gasteiger partial charge in [0.2, 0.25) is 5.91 Å². The van der Waals surface area contributed by atoms with Gasteiger partial charge in [-0.2, -0.15) is 0 Å². The maximum absolute atomic E-state index is 13.5. The van der Waals surface area contributed by atoms with Gasteiger partial charge < -0.3 is 19.7 Å². The lowest BCUT2D eigenvalue weighted by atomic mass is 9.95. The number of aliphatic imine (C=N–C) groups is 1. The summed E-state index contributed by atoms with van der Waals surface area (Å²) in [5.74, 6) is -1.12. The van der Waals surface area contributed by atoms with Crippen LogP contribution >= 0.6 is 0 Å². The molecule has 3 aliphatic heterocycles. The fourth-order valence-electron chi connectivity index (χ4n) is 5.92. The molecule has 3 aliphatic rings. The van der Waals surface area contributed by atoms with Crippen molar-refractivity contribution in [2.75, 3.05) is 51.0 Å². The topological polar surface area (TPSA) is 101 Å². The van der Waals surface area contributed by atoms with Gasteiger partial charge in [0.25, 0.3) is 11.8 Å². The molecule has 0 bridgehead atoms. The quantitative estimate of drug-likeness (QED) is 0.513. The van der Waals surface area contributed by atoms with E-state index in [1.807, 2.05) is 25.1 Å². The van der Waals surface area contributed by atoms with Crippen molar-refractivity contribution in [2.24, 2.45) is 10.9 Å². The van der Waals surface area contributed by atoms with E-state index in [4.69, 9.17) is 9.47 Å². The number of morpholine rings is 1. The molecule has 0 aromatic heterocycles. The summed E-state index contributed by atoms with van der Waals surface area (Å²) in [6.45, 7) is 10.8. The van der Waals surface area contributed by atoms with Crippen molar-refractivity contribution >= 4 is 29.1 Å². The number of anilines is 1. The largest absolute Gasteiger partial charge is 0.381 e. The van der Waals surface area contributed by atoms with E-state index in [1.165, 1.54) is 5.56 Å². The summed E-state index contributed by atoms with van der Waals surface area (Å²) in [7, 11) is 0. The normalized spacial score (nSPS) is 20.1. The van der Waals surface area contributed by atoms with Gasteiger partial charge in [0.1, 0.15) is 0 Å². The third kappa shape index (κ3) is 7.21. The monoisotopic (exact) mass is 572 g/mol. The molecule has 0 spiro atoms. The van der Waals surface area contributed by atoms with Crippen LogP contribution < -0.4 is 10.2 Å². The average molecular weight is 573 g/mol. The molecule has 0 aliphatic carbocycles. The van der Waals surface area contributed by atoms with E-state index >= 15 is 0 Å². The SMILES string of the molecule is CC(=O)N(c1cc(C(=O)NCC2C(=O)N=C(C)C=C2C)cc(-c2ccc(CN3CCOCC3)cc2)c1)C1CCOCC1. The first-order valence-corrected chi connectivity index (χ1v) is 14.8. The summed E-state index contributed by atoms with van der Waals surface area (Å²) in [5, 5.41) is 2.94. The molecular weight excluding hydrogens is 532 g/mol. The molecule has 5 rings (SSSR count). The third-order valence-electron chi connectivity index (χ3n) is 8.19. The van der Waals surface area contributed by atoms with Gasteiger partial charge in [-0.1, -0.05) is 29.8 Å². The fourth-order valence-corrected chi connectivity index (χ4v) is 5.92. The van der Waals surface area contributed by atoms with Crippen molar-refractivity contribution in [3.8, 4) is 11.1 Å². The number of benzene rings is 2. The van der Waals surface area contributed by atoms with Crippen LogP contribution in [0.15, 0.2) is 59.1 Å². The van der Waals surface area contributed by atoms with E-state index in [0.29, 0.717) is 30.2 Å². The van der Waals surface area contributed by atoms with Crippen LogP contribution in [0.3, 0.4) is 0 Å². The zero-order valence-electron chi connectivity index (χ0n) is 24.7. The van der Waals surface area contributed by atoms with E-state index in [1.54, 1.807) is 24.8 Å². The van der Waals surface area contributed by atoms with Gasteiger partial charge in [-0.05, 0) is 67.7 Å². The summed E-state index contributed by atoms with van der Waals surface area (Å²) < 4.78 is 11.0. The molecule has 2 fully saturated rings. The predicted octanol–water partition coefficient (Wildman–Crippen LogP) is 4.01. The highest BCUT2D eigenvalue weighted by atomic mass is 16.5. The number of hydrogen-bond acceptors (Lipinski definition) is 6. The Morgan fingerprint density at radius 2 is 1.67 bits per heavy atom. The molecule has 2 aromatic carbocycles. The van der Waals surface area contributed by atoms with Gasteiger partial charge in [0.05, 0.1) is 19.1 Å². The minimum Gasteiger partial charge on any atom is -0.381 e. The first-order chi connectivity index (χ1) is 20.3. The Morgan fingerprint density at radius 1 is 0.976 bits per heavy atom. The maximum Gasteiger partial charge on any atom is 0.254 e. The fraction of sp³-hybridized carbons (Fsp3) is 0.455. The summed E-state index contributed by atoms with van der Waals surface area (Å²) >= 11 is 0. The third-order valence-corrected chi connectivity index (χ3v) is 8.19. The Balaban J connectivity index is 1.42. The van der Waals surface area contributed by atoms with E-state index < -0.39 is 5.92 Å². The van der Waals surface area contributed by atoms with Crippen LogP contribution in [-0.2, 0) is 25.6 Å². The van der Waals surface area contributed by atoms with Gasteiger partial charge in [0.15, 0.2) is 0 Å². The molecule has 42 heavy (non-hydrogen) atoms. The number of hydrogen-bond donors (Lipinski definition) is 1. The van der Waals surface area contributed by atoms with Crippen LogP contribution in [0.4, 0.5) is 5.69 Å². The predicted molar refractivity (Wildman–Crippen MR) is 163 cm³/mol. The zero-order chi connectivity index (χ0) is 29.6. The maximum atomic E-state index is 13.5. The molecule has 0 saturated carbocycles. The Hall–Kier alpha value is -3.66. The van der Waals surface area contributed by atoms with Crippen molar-refractivity contribution < 1.29 is 23.9 Å². The average Bonchev–Trinajstić information content (AvgIpc) is 2.98. The first kappa shape index (κ1) is 29.8. The Morgan fingerprint density at radius 3 is 2.33 bits per heavy atom. The number of rotatable bonds is 8. The Labute approximate surface area is 247 Å². The summed E-state index contributed by atoms with van der Waals surface area (Å²) in [6, 6.07) is 14.0. The summed E-state index contributed by atoms with van der Waals surface area (Å²) in [5.41, 5.74) is 5.67. The van der Waals surface area contributed by atoms with E-state index in [2.05, 4.69) is 39.5 Å². The smallest absolute Gasteiger partial charge is 0.254 e. The van der Waals surface area contributed by atoms with Crippen molar-refractivity contribution in [3.63, 3.8) is 0 Å². The van der Waals surface area contributed by atoms with Gasteiger partial charge >= 0.3 is 0 Å². The van der Waals surface area contributed by atoms with Crippen LogP contribution in [0, 0.1) is 5.92 Å². The van der Waals surface area contributed by atoms with Crippen molar-refractivity contribution in [1.29, 1.82) is 0 Å². The second kappa shape index (κ2) is 13.5. The minimum atomic E-state index is -0.490. The number of ether oxygens (including phenoxy) is 2. The van der Waals surface area contributed by atoms with Crippen molar-refractivity contribution in [2.45, 2.75) is 46.2 Å². The molecule has 9 nitrogen and oxygen atoms in total. The standard InChI is InChI=1S/C33H40N4O5/c1-22-16-23(2)35-33(40)31(22)20-34-32(39)28-17-27(18-30(19-28)37(24(3)38)29-8-12-41-13-9-29)26-6-4-25(5-7-26)21-36-10-14-42-15-11-36/h4-7,16-19,29,31H,8-15,20-21H2,1-3H3,(H,34,39). The van der Waals surface area contributed by atoms with E-state index in [9.17, 15) is 14.4 Å². The molecule has 9 heteroatoms. The lowest BCUT2D eigenvalue weighted by Gasteiger charge is -2.34. The second-order valence-electron chi connectivity index (χ2n) is 11.3. The number of amides is 3. The summed E-state index contributed by atoms with van der Waals surface area (Å²) in [4.78, 5) is 47.2. The van der Waals surface area contributed by atoms with Crippen LogP contribution in [0.5, 0.6) is 0 Å². The molecule has 1 atom stereocenters. The van der Waals surface area contributed by atoms with E-state index in [0.717, 1.165) is 62.4 Å². The second-order valence-corrected chi connectivity index (χ2v) is 11.3. The van der Waals surface area contributed by atoms with Crippen LogP contribution in [0.1, 0.15) is 49.5 Å². The number of carbonyl (C=O) groups excluding carboxylic acids is 3. The Kier molecular flexibility index (Phi) is 9.62. The van der Waals surface area contributed by atoms with Crippen molar-refractivity contribution in [1.82, 2.24) is 10.2 Å². The molecule has 222 valence electrons. The van der Waals surface area contributed by atoms with Crippen LogP contribution in [0.25, 0.3) is 11.1 Å². The Bertz CT molecular complexity index is 1370. The molecule has 0 radical (unpaired) electrons. The molecule has 3 heterocycles. The minimum absolute atomic E-state index is 0.00735. The lowest BCUT2D eigenvalue weighted by molar-refractivity contribution is -0.120. The number of carbonyl (C=O) groups is 3. The molecule has 2 saturated heterocycles. The molecule has 2 aromatic rings. The summed E-state index contributed by atoms with van der Waals surface area (Å²) in [6.07, 6.45) is 3.34. The van der Waals surface area contributed by atoms with Gasteiger partial charge in [-0.25, -0.2) is 4.99 Å². The number of nitrogens with one attached hydrogen (secondary N) is 1. The molecular formula is C33H40N4O5. The van der Waals surface area contributed by atoms with E-state index in [-0.39, 0.29) is 30.3 Å². The lowest BCUT2D eigenvalue weighted by Crippen LogP contribution is -2.42. The highest BCUT2D eigenvalue weighted by Gasteiger charge is 2.28. The van der Waals surface area contributed by atoms with Gasteiger partial charge in [0, 0.05) is 69.3 Å². The van der Waals surface area contributed by atoms with Crippen LogP contribution in [-0.4, -0.2) is 80.4 Å². The molecule has 1 unspecified atom stereocenters. The number of nitrogens with zero attached hydrogens (tertiary/aromatic N) is 3. The van der Waals surface area contributed by atoms with Gasteiger partial charge in [-0.15, -0.1) is 0 Å².